The first-order chi connectivity index (χ1) is 12.0. The van der Waals surface area contributed by atoms with Crippen LogP contribution in [0.5, 0.6) is 0 Å². The molecule has 1 aromatic carbocycles. The van der Waals surface area contributed by atoms with Crippen molar-refractivity contribution in [3.05, 3.63) is 35.6 Å². The Hall–Kier alpha value is -1.95. The van der Waals surface area contributed by atoms with E-state index in [9.17, 15) is 14.0 Å². The van der Waals surface area contributed by atoms with Gasteiger partial charge in [0.2, 0.25) is 5.91 Å². The SMILES string of the molecule is COC(=O)C[C@H]1CCCN(CC(=O)N(C)Cc2ccc(F)cc2)CC1. The highest BCUT2D eigenvalue weighted by Crippen LogP contribution is 2.21. The zero-order valence-corrected chi connectivity index (χ0v) is 15.0. The van der Waals surface area contributed by atoms with E-state index in [1.807, 2.05) is 0 Å². The molecule has 0 saturated carbocycles. The Balaban J connectivity index is 1.79. The molecule has 0 aromatic heterocycles. The van der Waals surface area contributed by atoms with Gasteiger partial charge >= 0.3 is 5.97 Å². The number of hydrogen-bond acceptors (Lipinski definition) is 4. The molecule has 1 heterocycles. The minimum atomic E-state index is -0.274. The van der Waals surface area contributed by atoms with Crippen LogP contribution in [0.3, 0.4) is 0 Å². The van der Waals surface area contributed by atoms with Crippen LogP contribution in [0, 0.1) is 11.7 Å². The van der Waals surface area contributed by atoms with Crippen molar-refractivity contribution in [2.24, 2.45) is 5.92 Å². The average molecular weight is 350 g/mol. The van der Waals surface area contributed by atoms with Crippen LogP contribution in [0.15, 0.2) is 24.3 Å². The van der Waals surface area contributed by atoms with Gasteiger partial charge in [-0.15, -0.1) is 0 Å². The fourth-order valence-corrected chi connectivity index (χ4v) is 3.17. The normalized spacial score (nSPS) is 18.4. The van der Waals surface area contributed by atoms with E-state index in [2.05, 4.69) is 4.90 Å². The van der Waals surface area contributed by atoms with Crippen LogP contribution < -0.4 is 0 Å². The summed E-state index contributed by atoms with van der Waals surface area (Å²) in [5, 5.41) is 0. The maximum absolute atomic E-state index is 12.9. The molecule has 25 heavy (non-hydrogen) atoms. The van der Waals surface area contributed by atoms with Crippen molar-refractivity contribution >= 4 is 11.9 Å². The largest absolute Gasteiger partial charge is 0.469 e. The Labute approximate surface area is 148 Å². The van der Waals surface area contributed by atoms with Gasteiger partial charge in [-0.1, -0.05) is 12.1 Å². The number of halogens is 1. The summed E-state index contributed by atoms with van der Waals surface area (Å²) in [4.78, 5) is 27.7. The Morgan fingerprint density at radius 1 is 1.24 bits per heavy atom. The summed E-state index contributed by atoms with van der Waals surface area (Å²) in [5.41, 5.74) is 0.909. The molecule has 5 nitrogen and oxygen atoms in total. The lowest BCUT2D eigenvalue weighted by molar-refractivity contribution is -0.141. The van der Waals surface area contributed by atoms with E-state index in [0.29, 0.717) is 25.4 Å². The molecule has 1 aliphatic heterocycles. The van der Waals surface area contributed by atoms with Crippen molar-refractivity contribution in [1.82, 2.24) is 9.80 Å². The van der Waals surface area contributed by atoms with Crippen molar-refractivity contribution in [2.75, 3.05) is 33.8 Å². The second-order valence-electron chi connectivity index (χ2n) is 6.73. The predicted molar refractivity (Wildman–Crippen MR) is 93.3 cm³/mol. The van der Waals surface area contributed by atoms with Crippen LogP contribution in [0.4, 0.5) is 4.39 Å². The zero-order valence-electron chi connectivity index (χ0n) is 15.0. The predicted octanol–water partition coefficient (Wildman–Crippen LogP) is 2.45. The second-order valence-corrected chi connectivity index (χ2v) is 6.73. The number of ether oxygens (including phenoxy) is 1. The van der Waals surface area contributed by atoms with Crippen molar-refractivity contribution in [2.45, 2.75) is 32.2 Å². The minimum Gasteiger partial charge on any atom is -0.469 e. The first kappa shape index (κ1) is 19.4. The van der Waals surface area contributed by atoms with E-state index in [-0.39, 0.29) is 17.7 Å². The summed E-state index contributed by atoms with van der Waals surface area (Å²) < 4.78 is 17.7. The van der Waals surface area contributed by atoms with Gasteiger partial charge in [-0.25, -0.2) is 4.39 Å². The minimum absolute atomic E-state index is 0.0516. The summed E-state index contributed by atoms with van der Waals surface area (Å²) in [6.45, 7) is 2.53. The van der Waals surface area contributed by atoms with Crippen LogP contribution in [-0.2, 0) is 20.9 Å². The van der Waals surface area contributed by atoms with E-state index in [1.165, 1.54) is 19.2 Å². The lowest BCUT2D eigenvalue weighted by Crippen LogP contribution is -2.38. The number of nitrogens with zero attached hydrogens (tertiary/aromatic N) is 2. The molecule has 1 saturated heterocycles. The number of rotatable bonds is 6. The van der Waals surface area contributed by atoms with E-state index in [0.717, 1.165) is 37.9 Å². The molecular formula is C19H27FN2O3. The number of esters is 1. The van der Waals surface area contributed by atoms with Gasteiger partial charge in [0.1, 0.15) is 5.82 Å². The van der Waals surface area contributed by atoms with E-state index in [4.69, 9.17) is 4.74 Å². The number of methoxy groups -OCH3 is 1. The number of benzene rings is 1. The Kier molecular flexibility index (Phi) is 7.37. The van der Waals surface area contributed by atoms with Crippen molar-refractivity contribution in [3.63, 3.8) is 0 Å². The van der Waals surface area contributed by atoms with Crippen LogP contribution >= 0.6 is 0 Å². The maximum Gasteiger partial charge on any atom is 0.305 e. The molecule has 1 atom stereocenters. The molecule has 0 unspecified atom stereocenters. The van der Waals surface area contributed by atoms with Gasteiger partial charge in [0, 0.05) is 20.0 Å². The molecule has 0 N–H and O–H groups in total. The highest BCUT2D eigenvalue weighted by atomic mass is 19.1. The molecule has 0 radical (unpaired) electrons. The number of carbonyl (C=O) groups excluding carboxylic acids is 2. The fraction of sp³-hybridized carbons (Fsp3) is 0.579. The molecule has 6 heteroatoms. The van der Waals surface area contributed by atoms with Crippen molar-refractivity contribution in [1.29, 1.82) is 0 Å². The van der Waals surface area contributed by atoms with Gasteiger partial charge < -0.3 is 9.64 Å². The molecule has 1 amide bonds. The van der Waals surface area contributed by atoms with Crippen LogP contribution in [0.1, 0.15) is 31.2 Å². The summed E-state index contributed by atoms with van der Waals surface area (Å²) in [6, 6.07) is 6.21. The topological polar surface area (TPSA) is 49.9 Å². The van der Waals surface area contributed by atoms with Gasteiger partial charge in [0.25, 0.3) is 0 Å². The molecule has 1 aromatic rings. The van der Waals surface area contributed by atoms with E-state index < -0.39 is 0 Å². The summed E-state index contributed by atoms with van der Waals surface area (Å²) in [5.74, 6) is -0.0439. The molecule has 138 valence electrons. The second kappa shape index (κ2) is 9.51. The maximum atomic E-state index is 12.9. The van der Waals surface area contributed by atoms with Crippen molar-refractivity contribution in [3.8, 4) is 0 Å². The third kappa shape index (κ3) is 6.46. The van der Waals surface area contributed by atoms with E-state index >= 15 is 0 Å². The monoisotopic (exact) mass is 350 g/mol. The van der Waals surface area contributed by atoms with Gasteiger partial charge in [0.15, 0.2) is 0 Å². The third-order valence-corrected chi connectivity index (χ3v) is 4.74. The molecule has 1 aliphatic rings. The van der Waals surface area contributed by atoms with Crippen LogP contribution in [0.2, 0.25) is 0 Å². The number of likely N-dealkylation sites (N-methyl/N-ethyl adjacent to an activating group) is 1. The van der Waals surface area contributed by atoms with Crippen molar-refractivity contribution < 1.29 is 18.7 Å². The van der Waals surface area contributed by atoms with Gasteiger partial charge in [-0.05, 0) is 56.0 Å². The first-order valence-electron chi connectivity index (χ1n) is 8.75. The zero-order chi connectivity index (χ0) is 18.2. The molecule has 0 spiro atoms. The van der Waals surface area contributed by atoms with Gasteiger partial charge in [0.05, 0.1) is 13.7 Å². The Morgan fingerprint density at radius 2 is 1.96 bits per heavy atom. The average Bonchev–Trinajstić information content (AvgIpc) is 2.82. The Morgan fingerprint density at radius 3 is 2.64 bits per heavy atom. The fourth-order valence-electron chi connectivity index (χ4n) is 3.17. The Bertz CT molecular complexity index is 577. The van der Waals surface area contributed by atoms with E-state index in [1.54, 1.807) is 24.1 Å². The summed E-state index contributed by atoms with van der Waals surface area (Å²) in [7, 11) is 3.19. The smallest absolute Gasteiger partial charge is 0.305 e. The molecule has 1 fully saturated rings. The highest BCUT2D eigenvalue weighted by molar-refractivity contribution is 5.78. The lowest BCUT2D eigenvalue weighted by Gasteiger charge is -2.24. The third-order valence-electron chi connectivity index (χ3n) is 4.74. The lowest BCUT2D eigenvalue weighted by atomic mass is 9.97. The van der Waals surface area contributed by atoms with Gasteiger partial charge in [-0.3, -0.25) is 14.5 Å². The van der Waals surface area contributed by atoms with Gasteiger partial charge in [-0.2, -0.15) is 0 Å². The van der Waals surface area contributed by atoms with Crippen LogP contribution in [0.25, 0.3) is 0 Å². The number of carbonyl (C=O) groups is 2. The number of amides is 1. The standard InChI is InChI=1S/C19H27FN2O3/c1-21(13-16-5-7-17(20)8-6-16)18(23)14-22-10-3-4-15(9-11-22)12-19(24)25-2/h5-8,15H,3-4,9-14H2,1-2H3/t15-/m0/s1. The molecule has 2 rings (SSSR count). The summed E-state index contributed by atoms with van der Waals surface area (Å²) >= 11 is 0. The molecule has 0 aliphatic carbocycles. The molecule has 0 bridgehead atoms. The molecular weight excluding hydrogens is 323 g/mol. The quantitative estimate of drug-likeness (QED) is 0.740. The summed E-state index contributed by atoms with van der Waals surface area (Å²) in [6.07, 6.45) is 3.34. The number of hydrogen-bond donors (Lipinski definition) is 0. The van der Waals surface area contributed by atoms with Crippen LogP contribution in [-0.4, -0.2) is 55.5 Å². The number of likely N-dealkylation sites (tertiary alicyclic amines) is 1. The highest BCUT2D eigenvalue weighted by Gasteiger charge is 2.22. The first-order valence-corrected chi connectivity index (χ1v) is 8.75.